The van der Waals surface area contributed by atoms with Gasteiger partial charge >= 0.3 is 0 Å². The summed E-state index contributed by atoms with van der Waals surface area (Å²) >= 11 is 11.8. The van der Waals surface area contributed by atoms with E-state index < -0.39 is 0 Å². The molecular weight excluding hydrogens is 339 g/mol. The number of amides is 1. The van der Waals surface area contributed by atoms with E-state index in [2.05, 4.69) is 5.32 Å². The van der Waals surface area contributed by atoms with Crippen LogP contribution in [0.1, 0.15) is 6.42 Å². The molecule has 122 valence electrons. The van der Waals surface area contributed by atoms with E-state index in [1.54, 1.807) is 31.4 Å². The highest BCUT2D eigenvalue weighted by molar-refractivity contribution is 6.39. The third-order valence-corrected chi connectivity index (χ3v) is 3.64. The summed E-state index contributed by atoms with van der Waals surface area (Å²) in [6, 6.07) is 10.3. The number of para-hydroxylation sites is 2. The topological polar surface area (TPSA) is 73.6 Å². The van der Waals surface area contributed by atoms with Gasteiger partial charge in [-0.15, -0.1) is 0 Å². The monoisotopic (exact) mass is 354 g/mol. The Kier molecular flexibility index (Phi) is 5.96. The van der Waals surface area contributed by atoms with Crippen LogP contribution < -0.4 is 20.5 Å². The highest BCUT2D eigenvalue weighted by Gasteiger charge is 2.09. The first kappa shape index (κ1) is 17.2. The molecule has 2 rings (SSSR count). The molecule has 0 fully saturated rings. The van der Waals surface area contributed by atoms with Crippen LogP contribution in [0.2, 0.25) is 10.0 Å². The molecule has 0 unspecified atom stereocenters. The van der Waals surface area contributed by atoms with Gasteiger partial charge in [0.2, 0.25) is 5.91 Å². The second kappa shape index (κ2) is 7.94. The molecule has 23 heavy (non-hydrogen) atoms. The minimum atomic E-state index is -0.225. The van der Waals surface area contributed by atoms with Crippen molar-refractivity contribution < 1.29 is 14.3 Å². The number of hydrogen-bond donors (Lipinski definition) is 2. The predicted molar refractivity (Wildman–Crippen MR) is 92.6 cm³/mol. The summed E-state index contributed by atoms with van der Waals surface area (Å²) in [4.78, 5) is 11.9. The summed E-state index contributed by atoms with van der Waals surface area (Å²) in [5.41, 5.74) is 6.41. The lowest BCUT2D eigenvalue weighted by molar-refractivity contribution is -0.116. The maximum atomic E-state index is 11.9. The molecule has 0 radical (unpaired) electrons. The Morgan fingerprint density at radius 1 is 1.17 bits per heavy atom. The van der Waals surface area contributed by atoms with Gasteiger partial charge in [0.15, 0.2) is 11.5 Å². The van der Waals surface area contributed by atoms with E-state index in [-0.39, 0.29) is 34.7 Å². The number of benzene rings is 2. The maximum Gasteiger partial charge on any atom is 0.227 e. The van der Waals surface area contributed by atoms with Crippen molar-refractivity contribution >= 4 is 40.5 Å². The SMILES string of the molecule is COc1ccccc1OCCC(=O)Nc1cc(Cl)c(N)c(Cl)c1. The lowest BCUT2D eigenvalue weighted by Crippen LogP contribution is -2.15. The fourth-order valence-electron chi connectivity index (χ4n) is 1.87. The summed E-state index contributed by atoms with van der Waals surface area (Å²) in [5.74, 6) is 0.975. The number of carbonyl (C=O) groups excluding carboxylic acids is 1. The molecule has 0 atom stereocenters. The lowest BCUT2D eigenvalue weighted by Gasteiger charge is -2.11. The normalized spacial score (nSPS) is 10.2. The first-order chi connectivity index (χ1) is 11.0. The fraction of sp³-hybridized carbons (Fsp3) is 0.188. The number of carbonyl (C=O) groups is 1. The summed E-state index contributed by atoms with van der Waals surface area (Å²) < 4.78 is 10.7. The first-order valence-corrected chi connectivity index (χ1v) is 7.57. The Bertz CT molecular complexity index is 684. The molecule has 2 aromatic carbocycles. The van der Waals surface area contributed by atoms with E-state index in [1.165, 1.54) is 0 Å². The molecule has 0 saturated carbocycles. The van der Waals surface area contributed by atoms with E-state index in [0.29, 0.717) is 17.2 Å². The van der Waals surface area contributed by atoms with Crippen LogP contribution in [0.4, 0.5) is 11.4 Å². The van der Waals surface area contributed by atoms with Crippen molar-refractivity contribution in [3.05, 3.63) is 46.4 Å². The summed E-state index contributed by atoms with van der Waals surface area (Å²) in [7, 11) is 1.56. The second-order valence-corrected chi connectivity index (χ2v) is 5.47. The van der Waals surface area contributed by atoms with Crippen LogP contribution in [0.25, 0.3) is 0 Å². The Morgan fingerprint density at radius 3 is 2.39 bits per heavy atom. The smallest absolute Gasteiger partial charge is 0.227 e. The van der Waals surface area contributed by atoms with Gasteiger partial charge in [0.25, 0.3) is 0 Å². The molecule has 5 nitrogen and oxygen atoms in total. The highest BCUT2D eigenvalue weighted by Crippen LogP contribution is 2.31. The molecule has 0 aliphatic rings. The zero-order valence-corrected chi connectivity index (χ0v) is 13.9. The second-order valence-electron chi connectivity index (χ2n) is 4.65. The average molecular weight is 355 g/mol. The van der Waals surface area contributed by atoms with Crippen molar-refractivity contribution in [2.75, 3.05) is 24.8 Å². The Hall–Kier alpha value is -2.11. The minimum absolute atomic E-state index is 0.164. The van der Waals surface area contributed by atoms with Gasteiger partial charge in [0, 0.05) is 5.69 Å². The van der Waals surface area contributed by atoms with Gasteiger partial charge in [-0.25, -0.2) is 0 Å². The summed E-state index contributed by atoms with van der Waals surface area (Å²) in [5, 5.41) is 3.27. The first-order valence-electron chi connectivity index (χ1n) is 6.81. The van der Waals surface area contributed by atoms with Gasteiger partial charge in [0.05, 0.1) is 35.9 Å². The number of nitrogen functional groups attached to an aromatic ring is 1. The van der Waals surface area contributed by atoms with E-state index in [0.717, 1.165) is 0 Å². The third-order valence-electron chi connectivity index (χ3n) is 3.02. The molecule has 0 aromatic heterocycles. The molecule has 0 aliphatic heterocycles. The minimum Gasteiger partial charge on any atom is -0.493 e. The Labute approximate surface area is 144 Å². The number of nitrogens with two attached hydrogens (primary N) is 1. The standard InChI is InChI=1S/C16H16Cl2N2O3/c1-22-13-4-2-3-5-14(13)23-7-6-15(21)20-10-8-11(17)16(19)12(18)9-10/h2-5,8-9H,6-7,19H2,1H3,(H,20,21). The van der Waals surface area contributed by atoms with Crippen molar-refractivity contribution in [3.63, 3.8) is 0 Å². The number of ether oxygens (including phenoxy) is 2. The van der Waals surface area contributed by atoms with Crippen molar-refractivity contribution in [1.29, 1.82) is 0 Å². The molecule has 2 aromatic rings. The van der Waals surface area contributed by atoms with E-state index in [9.17, 15) is 4.79 Å². The number of methoxy groups -OCH3 is 1. The molecule has 1 amide bonds. The molecule has 7 heteroatoms. The maximum absolute atomic E-state index is 11.9. The Morgan fingerprint density at radius 2 is 1.78 bits per heavy atom. The third kappa shape index (κ3) is 4.68. The van der Waals surface area contributed by atoms with E-state index in [4.69, 9.17) is 38.4 Å². The lowest BCUT2D eigenvalue weighted by atomic mass is 10.2. The van der Waals surface area contributed by atoms with E-state index in [1.807, 2.05) is 12.1 Å². The van der Waals surface area contributed by atoms with Crippen LogP contribution in [-0.4, -0.2) is 19.6 Å². The van der Waals surface area contributed by atoms with Gasteiger partial charge in [-0.3, -0.25) is 4.79 Å². The Balaban J connectivity index is 1.88. The number of nitrogens with one attached hydrogen (secondary N) is 1. The van der Waals surface area contributed by atoms with Gasteiger partial charge in [-0.1, -0.05) is 35.3 Å². The van der Waals surface area contributed by atoms with Crippen LogP contribution in [-0.2, 0) is 4.79 Å². The van der Waals surface area contributed by atoms with E-state index >= 15 is 0 Å². The van der Waals surface area contributed by atoms with Gasteiger partial charge in [-0.2, -0.15) is 0 Å². The molecular formula is C16H16Cl2N2O3. The molecule has 0 spiro atoms. The summed E-state index contributed by atoms with van der Waals surface area (Å²) in [6.45, 7) is 0.211. The van der Waals surface area contributed by atoms with Crippen molar-refractivity contribution in [1.82, 2.24) is 0 Å². The number of rotatable bonds is 6. The largest absolute Gasteiger partial charge is 0.493 e. The number of halogens is 2. The average Bonchev–Trinajstić information content (AvgIpc) is 2.53. The quantitative estimate of drug-likeness (QED) is 0.769. The molecule has 0 saturated heterocycles. The predicted octanol–water partition coefficient (Wildman–Crippen LogP) is 3.99. The van der Waals surface area contributed by atoms with Gasteiger partial charge in [-0.05, 0) is 24.3 Å². The highest BCUT2D eigenvalue weighted by atomic mass is 35.5. The van der Waals surface area contributed by atoms with Gasteiger partial charge in [0.1, 0.15) is 0 Å². The van der Waals surface area contributed by atoms with Crippen LogP contribution in [0.3, 0.4) is 0 Å². The molecule has 3 N–H and O–H groups in total. The van der Waals surface area contributed by atoms with Crippen LogP contribution >= 0.6 is 23.2 Å². The molecule has 0 aliphatic carbocycles. The molecule has 0 bridgehead atoms. The molecule has 0 heterocycles. The van der Waals surface area contributed by atoms with Gasteiger partial charge < -0.3 is 20.5 Å². The van der Waals surface area contributed by atoms with Crippen molar-refractivity contribution in [3.8, 4) is 11.5 Å². The zero-order valence-electron chi connectivity index (χ0n) is 12.4. The fourth-order valence-corrected chi connectivity index (χ4v) is 2.36. The zero-order chi connectivity index (χ0) is 16.8. The van der Waals surface area contributed by atoms with Crippen LogP contribution in [0.15, 0.2) is 36.4 Å². The number of hydrogen-bond acceptors (Lipinski definition) is 4. The van der Waals surface area contributed by atoms with Crippen molar-refractivity contribution in [2.45, 2.75) is 6.42 Å². The van der Waals surface area contributed by atoms with Crippen LogP contribution in [0.5, 0.6) is 11.5 Å². The number of anilines is 2. The van der Waals surface area contributed by atoms with Crippen molar-refractivity contribution in [2.24, 2.45) is 0 Å². The van der Waals surface area contributed by atoms with Crippen LogP contribution in [0, 0.1) is 0 Å². The summed E-state index contributed by atoms with van der Waals surface area (Å²) in [6.07, 6.45) is 0.164.